The second kappa shape index (κ2) is 7.82. The number of nitro groups is 1. The number of H-pyrrole nitrogens is 1. The number of aryl methyl sites for hydroxylation is 1. The van der Waals surface area contributed by atoms with Gasteiger partial charge in [0.25, 0.3) is 11.6 Å². The molecule has 2 heterocycles. The first-order chi connectivity index (χ1) is 14.4. The van der Waals surface area contributed by atoms with Crippen LogP contribution in [0.25, 0.3) is 10.9 Å². The van der Waals surface area contributed by atoms with Gasteiger partial charge in [-0.1, -0.05) is 12.1 Å². The molecule has 0 aliphatic carbocycles. The van der Waals surface area contributed by atoms with Crippen LogP contribution < -0.4 is 10.2 Å². The van der Waals surface area contributed by atoms with Gasteiger partial charge in [0.05, 0.1) is 16.0 Å². The molecule has 30 heavy (non-hydrogen) atoms. The van der Waals surface area contributed by atoms with Gasteiger partial charge in [0.15, 0.2) is 0 Å². The number of nitrogens with one attached hydrogen (secondary N) is 2. The number of nitrogens with zero attached hydrogens (tertiary/aromatic N) is 2. The summed E-state index contributed by atoms with van der Waals surface area (Å²) in [6, 6.07) is 11.4. The monoisotopic (exact) mass is 406 g/mol. The van der Waals surface area contributed by atoms with Crippen LogP contribution in [0.3, 0.4) is 0 Å². The summed E-state index contributed by atoms with van der Waals surface area (Å²) in [5, 5.41) is 15.0. The summed E-state index contributed by atoms with van der Waals surface area (Å²) in [5.74, 6) is -0.209. The smallest absolute Gasteiger partial charge is 0.274 e. The molecule has 0 bridgehead atoms. The molecule has 0 saturated carbocycles. The number of aromatic nitrogens is 1. The molecule has 156 valence electrons. The average molecular weight is 406 g/mol. The molecule has 1 aliphatic rings. The number of amides is 1. The van der Waals surface area contributed by atoms with Crippen molar-refractivity contribution in [2.45, 2.75) is 39.7 Å². The summed E-state index contributed by atoms with van der Waals surface area (Å²) in [4.78, 5) is 28.9. The number of anilines is 1. The minimum Gasteiger partial charge on any atom is -0.371 e. The molecule has 0 fully saturated rings. The zero-order valence-electron chi connectivity index (χ0n) is 17.5. The van der Waals surface area contributed by atoms with Crippen LogP contribution >= 0.6 is 0 Å². The Balaban J connectivity index is 1.46. The van der Waals surface area contributed by atoms with Gasteiger partial charge >= 0.3 is 0 Å². The van der Waals surface area contributed by atoms with Crippen LogP contribution in [0.2, 0.25) is 0 Å². The molecule has 0 radical (unpaired) electrons. The van der Waals surface area contributed by atoms with Crippen molar-refractivity contribution in [3.8, 4) is 0 Å². The zero-order chi connectivity index (χ0) is 21.4. The fourth-order valence-corrected chi connectivity index (χ4v) is 4.34. The highest BCUT2D eigenvalue weighted by molar-refractivity contribution is 5.99. The Labute approximate surface area is 175 Å². The van der Waals surface area contributed by atoms with Crippen LogP contribution in [-0.2, 0) is 12.8 Å². The van der Waals surface area contributed by atoms with Gasteiger partial charge in [-0.3, -0.25) is 14.9 Å². The molecule has 0 saturated heterocycles. The third-order valence-electron chi connectivity index (χ3n) is 5.91. The van der Waals surface area contributed by atoms with E-state index in [0.29, 0.717) is 16.8 Å². The Kier molecular flexibility index (Phi) is 5.20. The minimum absolute atomic E-state index is 0.0407. The third kappa shape index (κ3) is 3.63. The first kappa shape index (κ1) is 19.9. The SMILES string of the molecule is CCN1CCc2cc(C[C@@H](C)NC(=O)c3cc4ccc([N+](=O)[O-])c(C)c4[nH]3)ccc21. The number of hydrogen-bond acceptors (Lipinski definition) is 4. The van der Waals surface area contributed by atoms with E-state index in [1.807, 2.05) is 6.92 Å². The predicted molar refractivity (Wildman–Crippen MR) is 118 cm³/mol. The number of carbonyl (C=O) groups excluding carboxylic acids is 1. The Morgan fingerprint density at radius 2 is 2.10 bits per heavy atom. The molecule has 1 aliphatic heterocycles. The molecule has 0 spiro atoms. The highest BCUT2D eigenvalue weighted by Crippen LogP contribution is 2.29. The summed E-state index contributed by atoms with van der Waals surface area (Å²) in [6.07, 6.45) is 1.81. The molecule has 0 unspecified atom stereocenters. The van der Waals surface area contributed by atoms with Crippen molar-refractivity contribution < 1.29 is 9.72 Å². The van der Waals surface area contributed by atoms with Crippen molar-refractivity contribution in [2.75, 3.05) is 18.0 Å². The fourth-order valence-electron chi connectivity index (χ4n) is 4.34. The number of likely N-dealkylation sites (N-methyl/N-ethyl adjacent to an activating group) is 1. The van der Waals surface area contributed by atoms with Crippen LogP contribution in [0.4, 0.5) is 11.4 Å². The van der Waals surface area contributed by atoms with Crippen LogP contribution in [0.5, 0.6) is 0 Å². The van der Waals surface area contributed by atoms with Gasteiger partial charge in [0.1, 0.15) is 5.69 Å². The average Bonchev–Trinajstić information content (AvgIpc) is 3.31. The van der Waals surface area contributed by atoms with Crippen molar-refractivity contribution >= 4 is 28.2 Å². The summed E-state index contributed by atoms with van der Waals surface area (Å²) < 4.78 is 0. The van der Waals surface area contributed by atoms with Crippen LogP contribution in [0.15, 0.2) is 36.4 Å². The van der Waals surface area contributed by atoms with Crippen LogP contribution in [0.1, 0.15) is 41.0 Å². The Hall–Kier alpha value is -3.35. The van der Waals surface area contributed by atoms with Gasteiger partial charge in [0, 0.05) is 36.3 Å². The van der Waals surface area contributed by atoms with E-state index in [9.17, 15) is 14.9 Å². The predicted octanol–water partition coefficient (Wildman–Crippen LogP) is 4.13. The number of carbonyl (C=O) groups is 1. The maximum absolute atomic E-state index is 12.7. The number of nitro benzene ring substituents is 1. The van der Waals surface area contributed by atoms with Crippen molar-refractivity contribution in [3.63, 3.8) is 0 Å². The van der Waals surface area contributed by atoms with Crippen molar-refractivity contribution in [2.24, 2.45) is 0 Å². The van der Waals surface area contributed by atoms with Crippen molar-refractivity contribution in [1.82, 2.24) is 10.3 Å². The maximum Gasteiger partial charge on any atom is 0.274 e. The molecule has 1 amide bonds. The number of aromatic amines is 1. The molecule has 4 rings (SSSR count). The number of hydrogen-bond donors (Lipinski definition) is 2. The summed E-state index contributed by atoms with van der Waals surface area (Å²) in [5.41, 5.74) is 5.52. The Morgan fingerprint density at radius 3 is 2.83 bits per heavy atom. The Bertz CT molecular complexity index is 1130. The number of benzene rings is 2. The molecule has 3 aromatic rings. The van der Waals surface area contributed by atoms with E-state index in [1.54, 1.807) is 19.1 Å². The molecule has 2 aromatic carbocycles. The van der Waals surface area contributed by atoms with E-state index in [0.717, 1.165) is 31.3 Å². The van der Waals surface area contributed by atoms with Gasteiger partial charge in [-0.15, -0.1) is 0 Å². The lowest BCUT2D eigenvalue weighted by Gasteiger charge is -2.17. The summed E-state index contributed by atoms with van der Waals surface area (Å²) in [6.45, 7) is 7.94. The van der Waals surface area contributed by atoms with Crippen molar-refractivity contribution in [3.05, 3.63) is 68.9 Å². The van der Waals surface area contributed by atoms with Gasteiger partial charge in [-0.05, 0) is 62.9 Å². The molecule has 2 N–H and O–H groups in total. The van der Waals surface area contributed by atoms with E-state index >= 15 is 0 Å². The molecule has 1 atom stereocenters. The Morgan fingerprint density at radius 1 is 1.30 bits per heavy atom. The second-order valence-electron chi connectivity index (χ2n) is 7.99. The van der Waals surface area contributed by atoms with E-state index in [2.05, 4.69) is 40.3 Å². The lowest BCUT2D eigenvalue weighted by atomic mass is 10.0. The zero-order valence-corrected chi connectivity index (χ0v) is 17.5. The highest BCUT2D eigenvalue weighted by Gasteiger charge is 2.20. The molecule has 7 nitrogen and oxygen atoms in total. The van der Waals surface area contributed by atoms with E-state index in [1.165, 1.54) is 22.9 Å². The minimum atomic E-state index is -0.409. The van der Waals surface area contributed by atoms with E-state index in [-0.39, 0.29) is 17.6 Å². The van der Waals surface area contributed by atoms with Crippen molar-refractivity contribution in [1.29, 1.82) is 0 Å². The van der Waals surface area contributed by atoms with Gasteiger partial charge in [-0.2, -0.15) is 0 Å². The molecular formula is C23H26N4O3. The summed E-state index contributed by atoms with van der Waals surface area (Å²) >= 11 is 0. The van der Waals surface area contributed by atoms with Gasteiger partial charge in [0.2, 0.25) is 0 Å². The standard InChI is InChI=1S/C23H26N4O3/c1-4-26-10-9-17-12-16(5-7-21(17)26)11-14(2)24-23(28)19-13-18-6-8-20(27(29)30)15(3)22(18)25-19/h5-8,12-14,25H,4,9-11H2,1-3H3,(H,24,28)/t14-/m1/s1. The first-order valence-electron chi connectivity index (χ1n) is 10.3. The molecule has 1 aromatic heterocycles. The number of fused-ring (bicyclic) bond motifs is 2. The first-order valence-corrected chi connectivity index (χ1v) is 10.3. The van der Waals surface area contributed by atoms with E-state index < -0.39 is 4.92 Å². The normalized spacial score (nSPS) is 14.0. The van der Waals surface area contributed by atoms with Gasteiger partial charge in [-0.25, -0.2) is 0 Å². The topological polar surface area (TPSA) is 91.3 Å². The number of rotatable bonds is 6. The summed E-state index contributed by atoms with van der Waals surface area (Å²) in [7, 11) is 0. The van der Waals surface area contributed by atoms with Gasteiger partial charge < -0.3 is 15.2 Å². The largest absolute Gasteiger partial charge is 0.371 e. The third-order valence-corrected chi connectivity index (χ3v) is 5.91. The van der Waals surface area contributed by atoms with Crippen LogP contribution in [0, 0.1) is 17.0 Å². The fraction of sp³-hybridized carbons (Fsp3) is 0.348. The van der Waals surface area contributed by atoms with Crippen LogP contribution in [-0.4, -0.2) is 34.9 Å². The quantitative estimate of drug-likeness (QED) is 0.476. The second-order valence-corrected chi connectivity index (χ2v) is 7.99. The lowest BCUT2D eigenvalue weighted by Crippen LogP contribution is -2.34. The lowest BCUT2D eigenvalue weighted by molar-refractivity contribution is -0.385. The van der Waals surface area contributed by atoms with E-state index in [4.69, 9.17) is 0 Å². The highest BCUT2D eigenvalue weighted by atomic mass is 16.6. The molecule has 7 heteroatoms. The maximum atomic E-state index is 12.7. The molecular weight excluding hydrogens is 380 g/mol.